The molecule has 1 aliphatic heterocycles. The van der Waals surface area contributed by atoms with E-state index in [2.05, 4.69) is 10.6 Å². The molecular weight excluding hydrogens is 272 g/mol. The number of hydrogen-bond acceptors (Lipinski definition) is 4. The summed E-state index contributed by atoms with van der Waals surface area (Å²) in [5.41, 5.74) is 0.682. The number of carbonyl (C=O) groups is 1. The lowest BCUT2D eigenvalue weighted by molar-refractivity contribution is 0.122. The quantitative estimate of drug-likeness (QED) is 0.757. The molecule has 0 saturated heterocycles. The molecular formula is C15H20N2O4. The number of benzene rings is 1. The predicted molar refractivity (Wildman–Crippen MR) is 77.7 cm³/mol. The van der Waals surface area contributed by atoms with Crippen molar-refractivity contribution in [1.82, 2.24) is 5.32 Å². The number of anilines is 1. The molecule has 21 heavy (non-hydrogen) atoms. The topological polar surface area (TPSA) is 68.8 Å². The number of ether oxygens (including phenoxy) is 3. The van der Waals surface area contributed by atoms with Crippen molar-refractivity contribution in [2.24, 2.45) is 5.92 Å². The van der Waals surface area contributed by atoms with Gasteiger partial charge in [0.2, 0.25) is 6.79 Å². The first-order valence-corrected chi connectivity index (χ1v) is 7.33. The highest BCUT2D eigenvalue weighted by Crippen LogP contribution is 2.34. The van der Waals surface area contributed by atoms with E-state index >= 15 is 0 Å². The molecule has 1 saturated carbocycles. The first-order valence-electron chi connectivity index (χ1n) is 7.33. The Kier molecular flexibility index (Phi) is 4.45. The largest absolute Gasteiger partial charge is 0.454 e. The molecule has 114 valence electrons. The molecule has 6 heteroatoms. The first kappa shape index (κ1) is 14.0. The van der Waals surface area contributed by atoms with Gasteiger partial charge in [0.15, 0.2) is 11.5 Å². The van der Waals surface area contributed by atoms with E-state index in [1.165, 1.54) is 12.8 Å². The second-order valence-corrected chi connectivity index (χ2v) is 5.32. The first-order chi connectivity index (χ1) is 10.3. The smallest absolute Gasteiger partial charge is 0.319 e. The van der Waals surface area contributed by atoms with Gasteiger partial charge in [-0.05, 0) is 37.3 Å². The van der Waals surface area contributed by atoms with Crippen LogP contribution in [0.15, 0.2) is 18.2 Å². The number of amides is 2. The van der Waals surface area contributed by atoms with E-state index < -0.39 is 0 Å². The zero-order valence-electron chi connectivity index (χ0n) is 11.9. The van der Waals surface area contributed by atoms with Crippen molar-refractivity contribution >= 4 is 11.7 Å². The van der Waals surface area contributed by atoms with Crippen LogP contribution in [0.5, 0.6) is 11.5 Å². The fraction of sp³-hybridized carbons (Fsp3) is 0.533. The van der Waals surface area contributed by atoms with Crippen LogP contribution in [0.25, 0.3) is 0 Å². The lowest BCUT2D eigenvalue weighted by atomic mass is 10.3. The van der Waals surface area contributed by atoms with Gasteiger partial charge < -0.3 is 24.8 Å². The molecule has 0 unspecified atom stereocenters. The highest BCUT2D eigenvalue weighted by Gasteiger charge is 2.20. The standard InChI is InChI=1S/C15H20N2O4/c18-15(16-6-1-7-19-9-11-2-3-11)17-12-4-5-13-14(8-12)21-10-20-13/h4-5,8,11H,1-3,6-7,9-10H2,(H2,16,17,18). The van der Waals surface area contributed by atoms with Crippen molar-refractivity contribution < 1.29 is 19.0 Å². The van der Waals surface area contributed by atoms with Crippen LogP contribution in [0.2, 0.25) is 0 Å². The van der Waals surface area contributed by atoms with Gasteiger partial charge in [0.1, 0.15) is 0 Å². The second-order valence-electron chi connectivity index (χ2n) is 5.32. The van der Waals surface area contributed by atoms with Crippen molar-refractivity contribution in [1.29, 1.82) is 0 Å². The number of carbonyl (C=O) groups excluding carboxylic acids is 1. The van der Waals surface area contributed by atoms with Crippen LogP contribution in [-0.4, -0.2) is 32.6 Å². The van der Waals surface area contributed by atoms with Crippen LogP contribution >= 0.6 is 0 Å². The van der Waals surface area contributed by atoms with Gasteiger partial charge in [0, 0.05) is 31.5 Å². The Balaban J connectivity index is 1.32. The molecule has 2 N–H and O–H groups in total. The minimum atomic E-state index is -0.226. The summed E-state index contributed by atoms with van der Waals surface area (Å²) in [5.74, 6) is 2.14. The van der Waals surface area contributed by atoms with Gasteiger partial charge in [-0.1, -0.05) is 0 Å². The second kappa shape index (κ2) is 6.67. The highest BCUT2D eigenvalue weighted by molar-refractivity contribution is 5.89. The van der Waals surface area contributed by atoms with Crippen molar-refractivity contribution in [3.8, 4) is 11.5 Å². The maximum absolute atomic E-state index is 11.7. The lowest BCUT2D eigenvalue weighted by Crippen LogP contribution is -2.30. The van der Waals surface area contributed by atoms with Gasteiger partial charge in [0.05, 0.1) is 0 Å². The molecule has 0 bridgehead atoms. The van der Waals surface area contributed by atoms with E-state index in [1.54, 1.807) is 18.2 Å². The van der Waals surface area contributed by atoms with E-state index in [9.17, 15) is 4.79 Å². The molecule has 1 aromatic rings. The molecule has 1 aromatic carbocycles. The molecule has 1 heterocycles. The van der Waals surface area contributed by atoms with Gasteiger partial charge in [-0.25, -0.2) is 4.79 Å². The highest BCUT2D eigenvalue weighted by atomic mass is 16.7. The summed E-state index contributed by atoms with van der Waals surface area (Å²) < 4.78 is 16.0. The Morgan fingerprint density at radius 1 is 1.29 bits per heavy atom. The number of fused-ring (bicyclic) bond motifs is 1. The number of hydrogen-bond donors (Lipinski definition) is 2. The van der Waals surface area contributed by atoms with Gasteiger partial charge >= 0.3 is 6.03 Å². The zero-order chi connectivity index (χ0) is 14.5. The van der Waals surface area contributed by atoms with Crippen molar-refractivity contribution in [2.45, 2.75) is 19.3 Å². The molecule has 0 atom stereocenters. The van der Waals surface area contributed by atoms with Crippen LogP contribution in [0.1, 0.15) is 19.3 Å². The summed E-state index contributed by atoms with van der Waals surface area (Å²) in [7, 11) is 0. The number of nitrogens with one attached hydrogen (secondary N) is 2. The van der Waals surface area contributed by atoms with Gasteiger partial charge in [0.25, 0.3) is 0 Å². The molecule has 3 rings (SSSR count). The van der Waals surface area contributed by atoms with Gasteiger partial charge in [-0.3, -0.25) is 0 Å². The Bertz CT molecular complexity index is 502. The maximum atomic E-state index is 11.7. The predicted octanol–water partition coefficient (Wildman–Crippen LogP) is 2.35. The van der Waals surface area contributed by atoms with Crippen LogP contribution in [-0.2, 0) is 4.74 Å². The van der Waals surface area contributed by atoms with Crippen LogP contribution in [0.4, 0.5) is 10.5 Å². The Hall–Kier alpha value is -1.95. The summed E-state index contributed by atoms with van der Waals surface area (Å²) in [4.78, 5) is 11.7. The lowest BCUT2D eigenvalue weighted by Gasteiger charge is -2.08. The Labute approximate surface area is 123 Å². The van der Waals surface area contributed by atoms with Gasteiger partial charge in [-0.15, -0.1) is 0 Å². The van der Waals surface area contributed by atoms with Crippen molar-refractivity contribution in [3.05, 3.63) is 18.2 Å². The molecule has 6 nitrogen and oxygen atoms in total. The third kappa shape index (κ3) is 4.26. The summed E-state index contributed by atoms with van der Waals surface area (Å²) >= 11 is 0. The van der Waals surface area contributed by atoms with Crippen LogP contribution in [0.3, 0.4) is 0 Å². The minimum Gasteiger partial charge on any atom is -0.454 e. The summed E-state index contributed by atoms with van der Waals surface area (Å²) in [6.45, 7) is 2.39. The average Bonchev–Trinajstić information content (AvgIpc) is 3.18. The molecule has 2 amide bonds. The fourth-order valence-electron chi connectivity index (χ4n) is 2.06. The van der Waals surface area contributed by atoms with Crippen LogP contribution in [0, 0.1) is 5.92 Å². The van der Waals surface area contributed by atoms with E-state index in [0.29, 0.717) is 30.3 Å². The van der Waals surface area contributed by atoms with E-state index in [0.717, 1.165) is 18.9 Å². The minimum absolute atomic E-state index is 0.226. The van der Waals surface area contributed by atoms with E-state index in [-0.39, 0.29) is 12.8 Å². The fourth-order valence-corrected chi connectivity index (χ4v) is 2.06. The summed E-state index contributed by atoms with van der Waals surface area (Å²) in [6, 6.07) is 5.09. The zero-order valence-corrected chi connectivity index (χ0v) is 11.9. The SMILES string of the molecule is O=C(NCCCOCC1CC1)Nc1ccc2c(c1)OCO2. The van der Waals surface area contributed by atoms with Crippen molar-refractivity contribution in [2.75, 3.05) is 31.9 Å². The van der Waals surface area contributed by atoms with Gasteiger partial charge in [-0.2, -0.15) is 0 Å². The van der Waals surface area contributed by atoms with E-state index in [4.69, 9.17) is 14.2 Å². The third-order valence-electron chi connectivity index (χ3n) is 3.43. The molecule has 2 aliphatic rings. The molecule has 1 aliphatic carbocycles. The van der Waals surface area contributed by atoms with E-state index in [1.807, 2.05) is 0 Å². The van der Waals surface area contributed by atoms with Crippen molar-refractivity contribution in [3.63, 3.8) is 0 Å². The maximum Gasteiger partial charge on any atom is 0.319 e. The third-order valence-corrected chi connectivity index (χ3v) is 3.43. The summed E-state index contributed by atoms with van der Waals surface area (Å²) in [6.07, 6.45) is 3.42. The average molecular weight is 292 g/mol. The van der Waals surface area contributed by atoms with Crippen LogP contribution < -0.4 is 20.1 Å². The Morgan fingerprint density at radius 2 is 2.14 bits per heavy atom. The number of urea groups is 1. The molecule has 0 radical (unpaired) electrons. The monoisotopic (exact) mass is 292 g/mol. The number of rotatable bonds is 7. The molecule has 1 fully saturated rings. The normalized spacial score (nSPS) is 15.8. The Morgan fingerprint density at radius 3 is 3.00 bits per heavy atom. The molecule has 0 aromatic heterocycles. The summed E-state index contributed by atoms with van der Waals surface area (Å²) in [5, 5.41) is 5.56. The molecule has 0 spiro atoms.